The molecule has 5 heteroatoms. The van der Waals surface area contributed by atoms with Gasteiger partial charge in [-0.05, 0) is 40.3 Å². The highest BCUT2D eigenvalue weighted by molar-refractivity contribution is 7.13. The molecule has 0 radical (unpaired) electrons. The van der Waals surface area contributed by atoms with Crippen LogP contribution in [0.2, 0.25) is 0 Å². The minimum Gasteiger partial charge on any atom is -0.462 e. The van der Waals surface area contributed by atoms with Crippen LogP contribution >= 0.6 is 11.3 Å². The van der Waals surface area contributed by atoms with Crippen molar-refractivity contribution in [1.82, 2.24) is 9.88 Å². The van der Waals surface area contributed by atoms with Crippen molar-refractivity contribution in [2.24, 2.45) is 0 Å². The summed E-state index contributed by atoms with van der Waals surface area (Å²) >= 11 is 1.50. The molecule has 0 N–H and O–H groups in total. The Kier molecular flexibility index (Phi) is 4.35. The molecule has 1 saturated heterocycles. The lowest BCUT2D eigenvalue weighted by Crippen LogP contribution is -2.30. The Hall–Kier alpha value is -0.940. The van der Waals surface area contributed by atoms with E-state index in [9.17, 15) is 4.79 Å². The van der Waals surface area contributed by atoms with Crippen molar-refractivity contribution in [3.05, 3.63) is 15.6 Å². The van der Waals surface area contributed by atoms with Gasteiger partial charge in [0.1, 0.15) is 4.88 Å². The number of rotatable bonds is 3. The Morgan fingerprint density at radius 3 is 3.06 bits per heavy atom. The van der Waals surface area contributed by atoms with E-state index >= 15 is 0 Å². The number of esters is 1. The summed E-state index contributed by atoms with van der Waals surface area (Å²) in [4.78, 5) is 19.3. The summed E-state index contributed by atoms with van der Waals surface area (Å²) in [6.07, 6.45) is 2.37. The molecule has 0 saturated carbocycles. The normalized spacial score (nSPS) is 20.9. The first-order valence-electron chi connectivity index (χ1n) is 6.44. The van der Waals surface area contributed by atoms with Crippen molar-refractivity contribution in [3.63, 3.8) is 0 Å². The van der Waals surface area contributed by atoms with Gasteiger partial charge < -0.3 is 9.64 Å². The van der Waals surface area contributed by atoms with Crippen LogP contribution in [0.3, 0.4) is 0 Å². The molecule has 2 heterocycles. The number of carbonyl (C=O) groups excluding carboxylic acids is 1. The summed E-state index contributed by atoms with van der Waals surface area (Å²) in [6, 6.07) is 0. The molecule has 2 rings (SSSR count). The third kappa shape index (κ3) is 2.90. The minimum atomic E-state index is -0.233. The standard InChI is InChI=1S/C13H20N2O2S/c1-4-17-13(16)11-9(2)14-12(18-11)10-6-5-7-15(3)8-10/h10H,4-8H2,1-3H3. The highest BCUT2D eigenvalue weighted by Gasteiger charge is 2.24. The number of piperidine rings is 1. The molecule has 0 spiro atoms. The summed E-state index contributed by atoms with van der Waals surface area (Å²) < 4.78 is 5.05. The maximum atomic E-state index is 11.8. The van der Waals surface area contributed by atoms with Crippen LogP contribution in [-0.2, 0) is 4.74 Å². The van der Waals surface area contributed by atoms with Gasteiger partial charge in [-0.1, -0.05) is 0 Å². The molecule has 0 bridgehead atoms. The first-order valence-corrected chi connectivity index (χ1v) is 7.26. The van der Waals surface area contributed by atoms with E-state index in [1.807, 2.05) is 13.8 Å². The van der Waals surface area contributed by atoms with E-state index in [0.29, 0.717) is 17.4 Å². The summed E-state index contributed by atoms with van der Waals surface area (Å²) in [5.74, 6) is 0.235. The number of likely N-dealkylation sites (tertiary alicyclic amines) is 1. The van der Waals surface area contributed by atoms with Crippen molar-refractivity contribution >= 4 is 17.3 Å². The molecule has 1 unspecified atom stereocenters. The van der Waals surface area contributed by atoms with Gasteiger partial charge in [-0.15, -0.1) is 11.3 Å². The molecule has 0 aliphatic carbocycles. The lowest BCUT2D eigenvalue weighted by atomic mass is 9.99. The third-order valence-corrected chi connectivity index (χ3v) is 4.55. The predicted molar refractivity (Wildman–Crippen MR) is 72.3 cm³/mol. The maximum Gasteiger partial charge on any atom is 0.350 e. The topological polar surface area (TPSA) is 42.4 Å². The van der Waals surface area contributed by atoms with E-state index in [0.717, 1.165) is 23.8 Å². The fourth-order valence-corrected chi connectivity index (χ4v) is 3.43. The highest BCUT2D eigenvalue weighted by Crippen LogP contribution is 2.31. The second kappa shape index (κ2) is 5.80. The van der Waals surface area contributed by atoms with Gasteiger partial charge in [0.05, 0.1) is 17.3 Å². The van der Waals surface area contributed by atoms with Crippen LogP contribution in [0.25, 0.3) is 0 Å². The summed E-state index contributed by atoms with van der Waals surface area (Å²) in [7, 11) is 2.14. The van der Waals surface area contributed by atoms with Gasteiger partial charge in [-0.2, -0.15) is 0 Å². The molecule has 0 amide bonds. The molecule has 1 aliphatic heterocycles. The quantitative estimate of drug-likeness (QED) is 0.790. The number of hydrogen-bond donors (Lipinski definition) is 0. The van der Waals surface area contributed by atoms with Crippen molar-refractivity contribution in [3.8, 4) is 0 Å². The van der Waals surface area contributed by atoms with Gasteiger partial charge in [0.15, 0.2) is 0 Å². The van der Waals surface area contributed by atoms with Gasteiger partial charge in [0.2, 0.25) is 0 Å². The molecule has 1 aromatic rings. The van der Waals surface area contributed by atoms with Gasteiger partial charge in [0.25, 0.3) is 0 Å². The van der Waals surface area contributed by atoms with E-state index in [2.05, 4.69) is 16.9 Å². The van der Waals surface area contributed by atoms with Crippen molar-refractivity contribution in [2.45, 2.75) is 32.6 Å². The van der Waals surface area contributed by atoms with E-state index in [4.69, 9.17) is 4.74 Å². The zero-order valence-electron chi connectivity index (χ0n) is 11.2. The van der Waals surface area contributed by atoms with Gasteiger partial charge in [-0.3, -0.25) is 0 Å². The van der Waals surface area contributed by atoms with Gasteiger partial charge >= 0.3 is 5.97 Å². The molecule has 100 valence electrons. The molecule has 1 fully saturated rings. The average Bonchev–Trinajstić information content (AvgIpc) is 2.72. The van der Waals surface area contributed by atoms with Crippen LogP contribution < -0.4 is 0 Å². The van der Waals surface area contributed by atoms with Crippen LogP contribution in [0.4, 0.5) is 0 Å². The largest absolute Gasteiger partial charge is 0.462 e. The Labute approximate surface area is 112 Å². The predicted octanol–water partition coefficient (Wildman–Crippen LogP) is 2.44. The average molecular weight is 268 g/mol. The molecule has 1 aliphatic rings. The fourth-order valence-electron chi connectivity index (χ4n) is 2.35. The zero-order valence-corrected chi connectivity index (χ0v) is 12.0. The number of nitrogens with zero attached hydrogens (tertiary/aromatic N) is 2. The Bertz CT molecular complexity index is 431. The Morgan fingerprint density at radius 2 is 2.39 bits per heavy atom. The van der Waals surface area contributed by atoms with Crippen molar-refractivity contribution < 1.29 is 9.53 Å². The Balaban J connectivity index is 2.15. The number of aryl methyl sites for hydroxylation is 1. The van der Waals surface area contributed by atoms with Crippen LogP contribution in [0.15, 0.2) is 0 Å². The number of hydrogen-bond acceptors (Lipinski definition) is 5. The smallest absolute Gasteiger partial charge is 0.350 e. The molecule has 4 nitrogen and oxygen atoms in total. The van der Waals surface area contributed by atoms with Crippen LogP contribution in [-0.4, -0.2) is 42.6 Å². The van der Waals surface area contributed by atoms with Crippen molar-refractivity contribution in [1.29, 1.82) is 0 Å². The molecule has 1 aromatic heterocycles. The number of likely N-dealkylation sites (N-methyl/N-ethyl adjacent to an activating group) is 1. The van der Waals surface area contributed by atoms with E-state index in [1.54, 1.807) is 0 Å². The number of thiazole rings is 1. The molecule has 0 aromatic carbocycles. The van der Waals surface area contributed by atoms with Crippen LogP contribution in [0, 0.1) is 6.92 Å². The highest BCUT2D eigenvalue weighted by atomic mass is 32.1. The zero-order chi connectivity index (χ0) is 13.1. The molecule has 1 atom stereocenters. The van der Waals surface area contributed by atoms with Crippen LogP contribution in [0.1, 0.15) is 46.1 Å². The second-order valence-electron chi connectivity index (χ2n) is 4.79. The lowest BCUT2D eigenvalue weighted by molar-refractivity contribution is 0.0531. The summed E-state index contributed by atoms with van der Waals surface area (Å²) in [6.45, 7) is 6.32. The number of ether oxygens (including phenoxy) is 1. The summed E-state index contributed by atoms with van der Waals surface area (Å²) in [5.41, 5.74) is 0.807. The van der Waals surface area contributed by atoms with E-state index < -0.39 is 0 Å². The SMILES string of the molecule is CCOC(=O)c1sc(C2CCCN(C)C2)nc1C. The molecular weight excluding hydrogens is 248 g/mol. The van der Waals surface area contributed by atoms with Gasteiger partial charge in [-0.25, -0.2) is 9.78 Å². The monoisotopic (exact) mass is 268 g/mol. The lowest BCUT2D eigenvalue weighted by Gasteiger charge is -2.28. The number of aromatic nitrogens is 1. The minimum absolute atomic E-state index is 0.233. The van der Waals surface area contributed by atoms with Crippen molar-refractivity contribution in [2.75, 3.05) is 26.7 Å². The van der Waals surface area contributed by atoms with E-state index in [-0.39, 0.29) is 5.97 Å². The Morgan fingerprint density at radius 1 is 1.61 bits per heavy atom. The van der Waals surface area contributed by atoms with Gasteiger partial charge in [0, 0.05) is 12.5 Å². The summed E-state index contributed by atoms with van der Waals surface area (Å²) in [5, 5.41) is 1.09. The van der Waals surface area contributed by atoms with Crippen LogP contribution in [0.5, 0.6) is 0 Å². The first-order chi connectivity index (χ1) is 8.61. The number of carbonyl (C=O) groups is 1. The molecule has 18 heavy (non-hydrogen) atoms. The molecular formula is C13H20N2O2S. The second-order valence-corrected chi connectivity index (χ2v) is 5.82. The fraction of sp³-hybridized carbons (Fsp3) is 0.692. The van der Waals surface area contributed by atoms with E-state index in [1.165, 1.54) is 24.2 Å². The first kappa shape index (κ1) is 13.5. The third-order valence-electron chi connectivity index (χ3n) is 3.25. The maximum absolute atomic E-state index is 11.8.